The highest BCUT2D eigenvalue weighted by molar-refractivity contribution is 5.51. The van der Waals surface area contributed by atoms with Crippen LogP contribution in [0.2, 0.25) is 0 Å². The highest BCUT2D eigenvalue weighted by Crippen LogP contribution is 2.23. The molecule has 0 aromatic carbocycles. The van der Waals surface area contributed by atoms with Crippen LogP contribution in [0, 0.1) is 5.41 Å². The molecule has 0 aromatic rings. The van der Waals surface area contributed by atoms with Gasteiger partial charge in [0.25, 0.3) is 0 Å². The van der Waals surface area contributed by atoms with E-state index in [0.717, 1.165) is 5.57 Å². The topological polar surface area (TPSA) is 0 Å². The largest absolute Gasteiger partial charge is 0.0984 e. The minimum atomic E-state index is 0.0380. The lowest BCUT2D eigenvalue weighted by Crippen LogP contribution is -2.01. The van der Waals surface area contributed by atoms with Crippen molar-refractivity contribution in [1.29, 1.82) is 0 Å². The summed E-state index contributed by atoms with van der Waals surface area (Å²) in [5, 5.41) is 0. The van der Waals surface area contributed by atoms with Gasteiger partial charge in [0.1, 0.15) is 0 Å². The summed E-state index contributed by atoms with van der Waals surface area (Å²) in [6.07, 6.45) is 23.4. The Kier molecular flexibility index (Phi) is 6.85. The molecular formula is C22H28. The van der Waals surface area contributed by atoms with Gasteiger partial charge in [-0.05, 0) is 31.9 Å². The van der Waals surface area contributed by atoms with Crippen LogP contribution in [0.25, 0.3) is 0 Å². The normalized spacial score (nSPS) is 29.3. The summed E-state index contributed by atoms with van der Waals surface area (Å²) < 4.78 is 0. The maximum atomic E-state index is 3.95. The SMILES string of the molecule is C=CC(=C\C=C/C)/C1=C\C=C/C(C)(C)\C=C/C(C)=C\C(C)=C\1. The zero-order valence-electron chi connectivity index (χ0n) is 14.6. The molecule has 1 aliphatic rings. The molecule has 0 spiro atoms. The fraction of sp³-hybridized carbons (Fsp3) is 0.273. The van der Waals surface area contributed by atoms with Gasteiger partial charge >= 0.3 is 0 Å². The second-order valence-electron chi connectivity index (χ2n) is 6.26. The Balaban J connectivity index is 3.41. The van der Waals surface area contributed by atoms with E-state index in [4.69, 9.17) is 0 Å². The van der Waals surface area contributed by atoms with E-state index in [-0.39, 0.29) is 5.41 Å². The third-order valence-electron chi connectivity index (χ3n) is 3.44. The van der Waals surface area contributed by atoms with E-state index in [1.807, 2.05) is 25.2 Å². The smallest absolute Gasteiger partial charge is 0.00107 e. The van der Waals surface area contributed by atoms with Crippen LogP contribution >= 0.6 is 0 Å². The van der Waals surface area contributed by atoms with Crippen LogP contribution in [0.5, 0.6) is 0 Å². The second-order valence-corrected chi connectivity index (χ2v) is 6.26. The van der Waals surface area contributed by atoms with E-state index in [1.165, 1.54) is 16.7 Å². The second kappa shape index (κ2) is 8.38. The van der Waals surface area contributed by atoms with E-state index in [2.05, 4.69) is 82.9 Å². The molecular weight excluding hydrogens is 264 g/mol. The molecule has 0 aliphatic heterocycles. The van der Waals surface area contributed by atoms with Crippen molar-refractivity contribution in [1.82, 2.24) is 0 Å². The van der Waals surface area contributed by atoms with Crippen LogP contribution < -0.4 is 0 Å². The molecule has 1 rings (SSSR count). The Morgan fingerprint density at radius 1 is 1.09 bits per heavy atom. The van der Waals surface area contributed by atoms with Gasteiger partial charge in [-0.25, -0.2) is 0 Å². The molecule has 0 aromatic heterocycles. The van der Waals surface area contributed by atoms with E-state index in [9.17, 15) is 0 Å². The molecule has 0 unspecified atom stereocenters. The molecule has 0 bridgehead atoms. The van der Waals surface area contributed by atoms with Crippen molar-refractivity contribution in [2.75, 3.05) is 0 Å². The highest BCUT2D eigenvalue weighted by atomic mass is 14.1. The first kappa shape index (κ1) is 18.0. The Labute approximate surface area is 136 Å². The molecule has 22 heavy (non-hydrogen) atoms. The summed E-state index contributed by atoms with van der Waals surface area (Å²) in [7, 11) is 0. The van der Waals surface area contributed by atoms with Crippen molar-refractivity contribution in [2.24, 2.45) is 5.41 Å². The lowest BCUT2D eigenvalue weighted by Gasteiger charge is -2.14. The molecule has 0 heterocycles. The van der Waals surface area contributed by atoms with Gasteiger partial charge in [-0.2, -0.15) is 0 Å². The van der Waals surface area contributed by atoms with Crippen molar-refractivity contribution in [3.8, 4) is 0 Å². The van der Waals surface area contributed by atoms with Crippen LogP contribution in [0.3, 0.4) is 0 Å². The predicted octanol–water partition coefficient (Wildman–Crippen LogP) is 6.65. The van der Waals surface area contributed by atoms with Crippen LogP contribution in [0.1, 0.15) is 34.6 Å². The maximum absolute atomic E-state index is 3.95. The van der Waals surface area contributed by atoms with Gasteiger partial charge in [-0.3, -0.25) is 0 Å². The van der Waals surface area contributed by atoms with Gasteiger partial charge in [0.2, 0.25) is 0 Å². The van der Waals surface area contributed by atoms with Crippen molar-refractivity contribution >= 4 is 0 Å². The Bertz CT molecular complexity index is 608. The third-order valence-corrected chi connectivity index (χ3v) is 3.44. The standard InChI is InChI=1S/C22H28/c1-7-9-11-20(8-2)21-12-10-14-22(5,6)15-13-18(3)16-19(4)17-21/h7-17H,2H2,1,3-6H3/b9-7-,14-10-,15-13-,18-16-,19-17+,20-11+,21-12-. The quantitative estimate of drug-likeness (QED) is 0.511. The predicted molar refractivity (Wildman–Crippen MR) is 101 cm³/mol. The first-order chi connectivity index (χ1) is 10.4. The fourth-order valence-electron chi connectivity index (χ4n) is 2.21. The van der Waals surface area contributed by atoms with Gasteiger partial charge < -0.3 is 0 Å². The van der Waals surface area contributed by atoms with E-state index < -0.39 is 0 Å². The third kappa shape index (κ3) is 6.13. The average molecular weight is 292 g/mol. The Hall–Kier alpha value is -2.08. The zero-order chi connectivity index (χ0) is 16.6. The number of allylic oxidation sites excluding steroid dienone is 15. The molecule has 0 saturated heterocycles. The monoisotopic (exact) mass is 292 g/mol. The van der Waals surface area contributed by atoms with Gasteiger partial charge in [0, 0.05) is 5.41 Å². The molecule has 0 N–H and O–H groups in total. The van der Waals surface area contributed by atoms with Gasteiger partial charge in [-0.15, -0.1) is 0 Å². The molecule has 0 saturated carbocycles. The van der Waals surface area contributed by atoms with Crippen molar-refractivity contribution < 1.29 is 0 Å². The highest BCUT2D eigenvalue weighted by Gasteiger charge is 2.08. The van der Waals surface area contributed by atoms with Gasteiger partial charge in [0.15, 0.2) is 0 Å². The lowest BCUT2D eigenvalue weighted by atomic mass is 9.91. The summed E-state index contributed by atoms with van der Waals surface area (Å²) in [5.74, 6) is 0. The molecule has 0 atom stereocenters. The van der Waals surface area contributed by atoms with Crippen LogP contribution in [0.4, 0.5) is 0 Å². The summed E-state index contributed by atoms with van der Waals surface area (Å²) in [4.78, 5) is 0. The van der Waals surface area contributed by atoms with E-state index >= 15 is 0 Å². The summed E-state index contributed by atoms with van der Waals surface area (Å²) in [5.41, 5.74) is 4.82. The zero-order valence-corrected chi connectivity index (χ0v) is 14.6. The number of rotatable bonds is 3. The first-order valence-electron chi connectivity index (χ1n) is 7.79. The average Bonchev–Trinajstić information content (AvgIpc) is 2.46. The van der Waals surface area contributed by atoms with Crippen molar-refractivity contribution in [3.05, 3.63) is 95.7 Å². The van der Waals surface area contributed by atoms with Crippen molar-refractivity contribution in [3.63, 3.8) is 0 Å². The molecule has 0 amide bonds. The first-order valence-corrected chi connectivity index (χ1v) is 7.79. The Morgan fingerprint density at radius 3 is 2.45 bits per heavy atom. The molecule has 116 valence electrons. The van der Waals surface area contributed by atoms with E-state index in [1.54, 1.807) is 0 Å². The van der Waals surface area contributed by atoms with E-state index in [0.29, 0.717) is 0 Å². The van der Waals surface area contributed by atoms with Crippen LogP contribution in [0.15, 0.2) is 95.7 Å². The minimum Gasteiger partial charge on any atom is -0.0984 e. The summed E-state index contributed by atoms with van der Waals surface area (Å²) >= 11 is 0. The molecule has 0 heteroatoms. The lowest BCUT2D eigenvalue weighted by molar-refractivity contribution is 0.625. The van der Waals surface area contributed by atoms with Crippen molar-refractivity contribution in [2.45, 2.75) is 34.6 Å². The minimum absolute atomic E-state index is 0.0380. The molecule has 0 nitrogen and oxygen atoms in total. The molecule has 0 fully saturated rings. The van der Waals surface area contributed by atoms with Crippen LogP contribution in [-0.4, -0.2) is 0 Å². The molecule has 1 aliphatic carbocycles. The summed E-state index contributed by atoms with van der Waals surface area (Å²) in [6.45, 7) is 14.7. The van der Waals surface area contributed by atoms with Gasteiger partial charge in [-0.1, -0.05) is 98.4 Å². The fourth-order valence-corrected chi connectivity index (χ4v) is 2.21. The van der Waals surface area contributed by atoms with Crippen LogP contribution in [-0.2, 0) is 0 Å². The Morgan fingerprint density at radius 2 is 1.82 bits per heavy atom. The number of hydrogen-bond donors (Lipinski definition) is 0. The molecule has 0 radical (unpaired) electrons. The number of hydrogen-bond acceptors (Lipinski definition) is 0. The maximum Gasteiger partial charge on any atom is 0.00107 e. The summed E-state index contributed by atoms with van der Waals surface area (Å²) in [6, 6.07) is 0. The van der Waals surface area contributed by atoms with Gasteiger partial charge in [0.05, 0.1) is 0 Å².